The van der Waals surface area contributed by atoms with Crippen molar-refractivity contribution < 1.29 is 9.18 Å². The molecule has 1 amide bonds. The Balaban J connectivity index is 1.49. The van der Waals surface area contributed by atoms with E-state index in [0.717, 1.165) is 26.2 Å². The van der Waals surface area contributed by atoms with E-state index in [9.17, 15) is 9.18 Å². The highest BCUT2D eigenvalue weighted by atomic mass is 19.1. The van der Waals surface area contributed by atoms with Gasteiger partial charge in [-0.3, -0.25) is 14.6 Å². The molecule has 2 fully saturated rings. The van der Waals surface area contributed by atoms with Crippen molar-refractivity contribution in [2.75, 3.05) is 38.5 Å². The number of piperazine rings is 1. The molecule has 4 nitrogen and oxygen atoms in total. The summed E-state index contributed by atoms with van der Waals surface area (Å²) in [5, 5.41) is 2.85. The first-order chi connectivity index (χ1) is 11.6. The van der Waals surface area contributed by atoms with Crippen molar-refractivity contribution in [3.8, 4) is 0 Å². The summed E-state index contributed by atoms with van der Waals surface area (Å²) >= 11 is 0. The highest BCUT2D eigenvalue weighted by Gasteiger charge is 2.40. The SMILES string of the molecule is CN1CCN(CCC(=O)Nc2ccc(F)cc2)CC12CCCCC2. The monoisotopic (exact) mass is 333 g/mol. The van der Waals surface area contributed by atoms with Gasteiger partial charge in [-0.25, -0.2) is 4.39 Å². The number of carbonyl (C=O) groups is 1. The smallest absolute Gasteiger partial charge is 0.225 e. The Morgan fingerprint density at radius 3 is 2.58 bits per heavy atom. The van der Waals surface area contributed by atoms with Gasteiger partial charge in [0.05, 0.1) is 0 Å². The summed E-state index contributed by atoms with van der Waals surface area (Å²) in [7, 11) is 2.25. The Hall–Kier alpha value is -1.46. The molecule has 1 aromatic carbocycles. The van der Waals surface area contributed by atoms with Gasteiger partial charge in [0, 0.05) is 43.8 Å². The zero-order valence-electron chi connectivity index (χ0n) is 14.6. The Morgan fingerprint density at radius 1 is 1.17 bits per heavy atom. The van der Waals surface area contributed by atoms with Gasteiger partial charge in [-0.15, -0.1) is 0 Å². The molecule has 0 atom stereocenters. The number of hydrogen-bond acceptors (Lipinski definition) is 3. The molecule has 5 heteroatoms. The highest BCUT2D eigenvalue weighted by molar-refractivity contribution is 5.90. The standard InChI is InChI=1S/C19H28FN3O/c1-22-13-14-23(15-19(22)10-3-2-4-11-19)12-9-18(24)21-17-7-5-16(20)6-8-17/h5-8H,2-4,9-15H2,1H3,(H,21,24). The highest BCUT2D eigenvalue weighted by Crippen LogP contribution is 2.35. The van der Waals surface area contributed by atoms with Crippen LogP contribution in [0.15, 0.2) is 24.3 Å². The molecule has 1 spiro atoms. The molecule has 2 aliphatic rings. The summed E-state index contributed by atoms with van der Waals surface area (Å²) in [6.07, 6.45) is 7.04. The summed E-state index contributed by atoms with van der Waals surface area (Å²) in [5.41, 5.74) is 0.979. The third-order valence-corrected chi connectivity index (χ3v) is 5.65. The second-order valence-corrected chi connectivity index (χ2v) is 7.29. The number of benzene rings is 1. The minimum Gasteiger partial charge on any atom is -0.326 e. The van der Waals surface area contributed by atoms with Crippen molar-refractivity contribution in [2.24, 2.45) is 0 Å². The van der Waals surface area contributed by atoms with Crippen molar-refractivity contribution in [1.29, 1.82) is 0 Å². The average molecular weight is 333 g/mol. The Bertz CT molecular complexity index is 554. The van der Waals surface area contributed by atoms with Crippen molar-refractivity contribution >= 4 is 11.6 Å². The van der Waals surface area contributed by atoms with Crippen LogP contribution in [0.2, 0.25) is 0 Å². The van der Waals surface area contributed by atoms with Crippen LogP contribution in [0.25, 0.3) is 0 Å². The van der Waals surface area contributed by atoms with E-state index in [0.29, 0.717) is 17.6 Å². The van der Waals surface area contributed by atoms with Gasteiger partial charge in [0.15, 0.2) is 0 Å². The van der Waals surface area contributed by atoms with E-state index in [-0.39, 0.29) is 11.7 Å². The lowest BCUT2D eigenvalue weighted by Crippen LogP contribution is -2.61. The maximum Gasteiger partial charge on any atom is 0.225 e. The quantitative estimate of drug-likeness (QED) is 0.920. The molecular weight excluding hydrogens is 305 g/mol. The molecule has 24 heavy (non-hydrogen) atoms. The minimum absolute atomic E-state index is 0.00164. The third kappa shape index (κ3) is 4.14. The second kappa shape index (κ2) is 7.62. The number of nitrogens with one attached hydrogen (secondary N) is 1. The van der Waals surface area contributed by atoms with E-state index < -0.39 is 0 Å². The summed E-state index contributed by atoms with van der Waals surface area (Å²) in [5.74, 6) is -0.290. The predicted molar refractivity (Wildman–Crippen MR) is 94.5 cm³/mol. The first kappa shape index (κ1) is 17.4. The van der Waals surface area contributed by atoms with Gasteiger partial charge >= 0.3 is 0 Å². The Kier molecular flexibility index (Phi) is 5.51. The Morgan fingerprint density at radius 2 is 1.88 bits per heavy atom. The average Bonchev–Trinajstić information content (AvgIpc) is 2.59. The molecule has 1 aromatic rings. The molecule has 3 rings (SSSR count). The van der Waals surface area contributed by atoms with Crippen LogP contribution in [0.3, 0.4) is 0 Å². The van der Waals surface area contributed by atoms with Crippen LogP contribution < -0.4 is 5.32 Å². The molecule has 0 bridgehead atoms. The van der Waals surface area contributed by atoms with Crippen molar-refractivity contribution in [3.05, 3.63) is 30.1 Å². The number of likely N-dealkylation sites (N-methyl/N-ethyl adjacent to an activating group) is 1. The molecule has 1 N–H and O–H groups in total. The fraction of sp³-hybridized carbons (Fsp3) is 0.632. The number of anilines is 1. The van der Waals surface area contributed by atoms with Crippen LogP contribution in [0.1, 0.15) is 38.5 Å². The molecular formula is C19H28FN3O. The first-order valence-electron chi connectivity index (χ1n) is 9.06. The van der Waals surface area contributed by atoms with Crippen molar-refractivity contribution in [3.63, 3.8) is 0 Å². The van der Waals surface area contributed by atoms with Crippen LogP contribution in [-0.2, 0) is 4.79 Å². The van der Waals surface area contributed by atoms with E-state index in [4.69, 9.17) is 0 Å². The van der Waals surface area contributed by atoms with Gasteiger partial charge in [-0.1, -0.05) is 19.3 Å². The number of carbonyl (C=O) groups excluding carboxylic acids is 1. The molecule has 1 aliphatic heterocycles. The van der Waals surface area contributed by atoms with Crippen molar-refractivity contribution in [2.45, 2.75) is 44.1 Å². The first-order valence-corrected chi connectivity index (χ1v) is 9.06. The zero-order chi connectivity index (χ0) is 17.0. The third-order valence-electron chi connectivity index (χ3n) is 5.65. The van der Waals surface area contributed by atoms with Crippen LogP contribution in [0, 0.1) is 5.82 Å². The molecule has 1 aliphatic carbocycles. The van der Waals surface area contributed by atoms with Gasteiger partial charge < -0.3 is 5.32 Å². The van der Waals surface area contributed by atoms with Crippen LogP contribution in [0.4, 0.5) is 10.1 Å². The number of hydrogen-bond donors (Lipinski definition) is 1. The van der Waals surface area contributed by atoms with Gasteiger partial charge in [-0.05, 0) is 44.2 Å². The van der Waals surface area contributed by atoms with E-state index in [2.05, 4.69) is 22.2 Å². The van der Waals surface area contributed by atoms with Gasteiger partial charge in [0.2, 0.25) is 5.91 Å². The van der Waals surface area contributed by atoms with Gasteiger partial charge in [0.25, 0.3) is 0 Å². The molecule has 0 unspecified atom stereocenters. The lowest BCUT2D eigenvalue weighted by molar-refractivity contribution is -0.116. The topological polar surface area (TPSA) is 35.6 Å². The zero-order valence-corrected chi connectivity index (χ0v) is 14.6. The van der Waals surface area contributed by atoms with E-state index in [1.165, 1.54) is 44.2 Å². The summed E-state index contributed by atoms with van der Waals surface area (Å²) in [6, 6.07) is 5.92. The molecule has 1 saturated carbocycles. The second-order valence-electron chi connectivity index (χ2n) is 7.29. The summed E-state index contributed by atoms with van der Waals surface area (Å²) in [4.78, 5) is 17.1. The predicted octanol–water partition coefficient (Wildman–Crippen LogP) is 3.10. The summed E-state index contributed by atoms with van der Waals surface area (Å²) in [6.45, 7) is 3.98. The number of halogens is 1. The van der Waals surface area contributed by atoms with Crippen LogP contribution in [0.5, 0.6) is 0 Å². The molecule has 132 valence electrons. The molecule has 1 saturated heterocycles. The maximum atomic E-state index is 12.9. The van der Waals surface area contributed by atoms with Gasteiger partial charge in [-0.2, -0.15) is 0 Å². The largest absolute Gasteiger partial charge is 0.326 e. The fourth-order valence-corrected chi connectivity index (χ4v) is 4.10. The Labute approximate surface area is 144 Å². The lowest BCUT2D eigenvalue weighted by atomic mass is 9.79. The van der Waals surface area contributed by atoms with E-state index in [1.807, 2.05) is 0 Å². The summed E-state index contributed by atoms with van der Waals surface area (Å²) < 4.78 is 12.9. The molecule has 0 aromatic heterocycles. The number of nitrogens with zero attached hydrogens (tertiary/aromatic N) is 2. The normalized spacial score (nSPS) is 21.8. The molecule has 1 heterocycles. The maximum absolute atomic E-state index is 12.9. The van der Waals surface area contributed by atoms with Crippen molar-refractivity contribution in [1.82, 2.24) is 9.80 Å². The van der Waals surface area contributed by atoms with Gasteiger partial charge in [0.1, 0.15) is 5.82 Å². The fourth-order valence-electron chi connectivity index (χ4n) is 4.10. The minimum atomic E-state index is -0.289. The van der Waals surface area contributed by atoms with Crippen LogP contribution in [-0.4, -0.2) is 54.5 Å². The number of rotatable bonds is 4. The number of amides is 1. The lowest BCUT2D eigenvalue weighted by Gasteiger charge is -2.51. The van der Waals surface area contributed by atoms with E-state index in [1.54, 1.807) is 12.1 Å². The van der Waals surface area contributed by atoms with E-state index >= 15 is 0 Å². The molecule has 0 radical (unpaired) electrons. The van der Waals surface area contributed by atoms with Crippen LogP contribution >= 0.6 is 0 Å².